The van der Waals surface area contributed by atoms with Crippen LogP contribution in [0.2, 0.25) is 0 Å². The molecule has 2 aromatic carbocycles. The van der Waals surface area contributed by atoms with E-state index in [9.17, 15) is 14.4 Å². The summed E-state index contributed by atoms with van der Waals surface area (Å²) >= 11 is 0. The molecule has 28 heavy (non-hydrogen) atoms. The van der Waals surface area contributed by atoms with Gasteiger partial charge in [-0.15, -0.1) is 0 Å². The van der Waals surface area contributed by atoms with Gasteiger partial charge in [-0.3, -0.25) is 14.4 Å². The number of hydrogen-bond donors (Lipinski definition) is 1. The molecule has 1 saturated heterocycles. The van der Waals surface area contributed by atoms with E-state index in [0.29, 0.717) is 24.3 Å². The first kappa shape index (κ1) is 19.6. The molecule has 6 nitrogen and oxygen atoms in total. The molecule has 1 aliphatic heterocycles. The normalized spacial score (nSPS) is 16.2. The summed E-state index contributed by atoms with van der Waals surface area (Å²) in [6, 6.07) is 14.8. The van der Waals surface area contributed by atoms with Crippen molar-refractivity contribution in [3.05, 3.63) is 65.2 Å². The van der Waals surface area contributed by atoms with E-state index in [-0.39, 0.29) is 30.1 Å². The Labute approximate surface area is 165 Å². The number of amides is 3. The van der Waals surface area contributed by atoms with E-state index in [0.717, 1.165) is 5.56 Å². The van der Waals surface area contributed by atoms with Crippen LogP contribution in [0.4, 0.5) is 5.69 Å². The minimum atomic E-state index is -0.374. The number of anilines is 1. The third-order valence-electron chi connectivity index (χ3n) is 4.88. The monoisotopic (exact) mass is 379 g/mol. The zero-order valence-electron chi connectivity index (χ0n) is 16.4. The predicted octanol–water partition coefficient (Wildman–Crippen LogP) is 2.68. The van der Waals surface area contributed by atoms with Crippen LogP contribution in [0.15, 0.2) is 48.5 Å². The molecule has 0 saturated carbocycles. The van der Waals surface area contributed by atoms with Crippen LogP contribution in [0.25, 0.3) is 0 Å². The molecule has 0 bridgehead atoms. The van der Waals surface area contributed by atoms with E-state index in [1.165, 1.54) is 10.5 Å². The van der Waals surface area contributed by atoms with E-state index in [1.54, 1.807) is 43.3 Å². The van der Waals surface area contributed by atoms with Gasteiger partial charge in [-0.1, -0.05) is 29.8 Å². The van der Waals surface area contributed by atoms with Crippen molar-refractivity contribution in [2.24, 2.45) is 5.92 Å². The summed E-state index contributed by atoms with van der Waals surface area (Å²) in [6.07, 6.45) is 0.217. The Kier molecular flexibility index (Phi) is 5.78. The van der Waals surface area contributed by atoms with Crippen LogP contribution in [-0.2, 0) is 16.1 Å². The predicted molar refractivity (Wildman–Crippen MR) is 108 cm³/mol. The minimum Gasteiger partial charge on any atom is -0.345 e. The molecule has 1 atom stereocenters. The molecule has 0 radical (unpaired) electrons. The van der Waals surface area contributed by atoms with Crippen molar-refractivity contribution in [2.75, 3.05) is 26.0 Å². The van der Waals surface area contributed by atoms with Gasteiger partial charge >= 0.3 is 0 Å². The molecule has 0 aromatic heterocycles. The maximum Gasteiger partial charge on any atom is 0.253 e. The molecule has 0 spiro atoms. The summed E-state index contributed by atoms with van der Waals surface area (Å²) in [7, 11) is 3.38. The van der Waals surface area contributed by atoms with Gasteiger partial charge in [-0.05, 0) is 36.8 Å². The third kappa shape index (κ3) is 4.57. The molecule has 3 rings (SSSR count). The van der Waals surface area contributed by atoms with Crippen molar-refractivity contribution in [3.63, 3.8) is 0 Å². The van der Waals surface area contributed by atoms with Crippen molar-refractivity contribution in [1.82, 2.24) is 9.80 Å². The Morgan fingerprint density at radius 3 is 2.32 bits per heavy atom. The van der Waals surface area contributed by atoms with E-state index in [2.05, 4.69) is 5.32 Å². The molecular weight excluding hydrogens is 354 g/mol. The van der Waals surface area contributed by atoms with Crippen LogP contribution in [0.1, 0.15) is 27.9 Å². The lowest BCUT2D eigenvalue weighted by atomic mass is 10.1. The van der Waals surface area contributed by atoms with Crippen LogP contribution in [0.3, 0.4) is 0 Å². The summed E-state index contributed by atoms with van der Waals surface area (Å²) in [6.45, 7) is 2.95. The molecule has 6 heteroatoms. The zero-order chi connectivity index (χ0) is 20.3. The van der Waals surface area contributed by atoms with Crippen LogP contribution >= 0.6 is 0 Å². The Balaban J connectivity index is 1.58. The molecule has 146 valence electrons. The first-order valence-electron chi connectivity index (χ1n) is 9.29. The standard InChI is InChI=1S/C22H25N3O3/c1-15-4-6-16(7-5-15)13-25-14-18(12-20(25)26)21(27)23-19-10-8-17(9-11-19)22(28)24(2)3/h4-11,18H,12-14H2,1-3H3,(H,23,27). The van der Waals surface area contributed by atoms with Crippen molar-refractivity contribution in [1.29, 1.82) is 0 Å². The summed E-state index contributed by atoms with van der Waals surface area (Å²) in [5, 5.41) is 2.85. The van der Waals surface area contributed by atoms with Gasteiger partial charge < -0.3 is 15.1 Å². The zero-order valence-corrected chi connectivity index (χ0v) is 16.4. The van der Waals surface area contributed by atoms with Gasteiger partial charge in [-0.2, -0.15) is 0 Å². The number of aryl methyl sites for hydroxylation is 1. The average molecular weight is 379 g/mol. The Morgan fingerprint density at radius 2 is 1.71 bits per heavy atom. The number of nitrogens with zero attached hydrogens (tertiary/aromatic N) is 2. The molecule has 1 unspecified atom stereocenters. The molecule has 1 heterocycles. The van der Waals surface area contributed by atoms with E-state index < -0.39 is 0 Å². The van der Waals surface area contributed by atoms with Crippen molar-refractivity contribution < 1.29 is 14.4 Å². The molecule has 1 N–H and O–H groups in total. The number of rotatable bonds is 5. The number of nitrogens with one attached hydrogen (secondary N) is 1. The van der Waals surface area contributed by atoms with Gasteiger partial charge in [0.1, 0.15) is 0 Å². The fourth-order valence-corrected chi connectivity index (χ4v) is 3.21. The third-order valence-corrected chi connectivity index (χ3v) is 4.88. The lowest BCUT2D eigenvalue weighted by Gasteiger charge is -2.17. The van der Waals surface area contributed by atoms with Crippen LogP contribution in [-0.4, -0.2) is 48.2 Å². The summed E-state index contributed by atoms with van der Waals surface area (Å²) in [5.41, 5.74) is 3.40. The fourth-order valence-electron chi connectivity index (χ4n) is 3.21. The van der Waals surface area contributed by atoms with E-state index in [1.807, 2.05) is 31.2 Å². The Morgan fingerprint density at radius 1 is 1.07 bits per heavy atom. The smallest absolute Gasteiger partial charge is 0.253 e. The molecule has 1 fully saturated rings. The highest BCUT2D eigenvalue weighted by molar-refractivity contribution is 5.98. The molecule has 2 aromatic rings. The second-order valence-corrected chi connectivity index (χ2v) is 7.43. The van der Waals surface area contributed by atoms with Gasteiger partial charge in [-0.25, -0.2) is 0 Å². The molecular formula is C22H25N3O3. The number of likely N-dealkylation sites (tertiary alicyclic amines) is 1. The van der Waals surface area contributed by atoms with Crippen LogP contribution in [0, 0.1) is 12.8 Å². The van der Waals surface area contributed by atoms with Gasteiger partial charge in [0.05, 0.1) is 5.92 Å². The van der Waals surface area contributed by atoms with Crippen LogP contribution in [0.5, 0.6) is 0 Å². The second kappa shape index (κ2) is 8.25. The van der Waals surface area contributed by atoms with Crippen molar-refractivity contribution in [2.45, 2.75) is 19.9 Å². The Bertz CT molecular complexity index is 873. The van der Waals surface area contributed by atoms with Crippen molar-refractivity contribution in [3.8, 4) is 0 Å². The quantitative estimate of drug-likeness (QED) is 0.868. The topological polar surface area (TPSA) is 69.7 Å². The first-order chi connectivity index (χ1) is 13.3. The number of hydrogen-bond acceptors (Lipinski definition) is 3. The molecule has 1 aliphatic rings. The Hall–Kier alpha value is -3.15. The average Bonchev–Trinajstić information content (AvgIpc) is 3.04. The fraction of sp³-hybridized carbons (Fsp3) is 0.318. The lowest BCUT2D eigenvalue weighted by molar-refractivity contribution is -0.128. The summed E-state index contributed by atoms with van der Waals surface area (Å²) in [4.78, 5) is 40.0. The van der Waals surface area contributed by atoms with Crippen molar-refractivity contribution >= 4 is 23.4 Å². The minimum absolute atomic E-state index is 0.00680. The van der Waals surface area contributed by atoms with Gasteiger partial charge in [0, 0.05) is 44.9 Å². The highest BCUT2D eigenvalue weighted by atomic mass is 16.2. The largest absolute Gasteiger partial charge is 0.345 e. The SMILES string of the molecule is Cc1ccc(CN2CC(C(=O)Nc3ccc(C(=O)N(C)C)cc3)CC2=O)cc1. The second-order valence-electron chi connectivity index (χ2n) is 7.43. The summed E-state index contributed by atoms with van der Waals surface area (Å²) < 4.78 is 0. The maximum absolute atomic E-state index is 12.6. The maximum atomic E-state index is 12.6. The number of carbonyl (C=O) groups excluding carboxylic acids is 3. The van der Waals surface area contributed by atoms with Crippen LogP contribution < -0.4 is 5.32 Å². The van der Waals surface area contributed by atoms with Gasteiger partial charge in [0.15, 0.2) is 0 Å². The van der Waals surface area contributed by atoms with Gasteiger partial charge in [0.25, 0.3) is 5.91 Å². The lowest BCUT2D eigenvalue weighted by Crippen LogP contribution is -2.28. The van der Waals surface area contributed by atoms with E-state index >= 15 is 0 Å². The number of carbonyl (C=O) groups is 3. The molecule has 3 amide bonds. The van der Waals surface area contributed by atoms with E-state index in [4.69, 9.17) is 0 Å². The highest BCUT2D eigenvalue weighted by Gasteiger charge is 2.34. The molecule has 0 aliphatic carbocycles. The number of benzene rings is 2. The highest BCUT2D eigenvalue weighted by Crippen LogP contribution is 2.22. The first-order valence-corrected chi connectivity index (χ1v) is 9.29. The van der Waals surface area contributed by atoms with Gasteiger partial charge in [0.2, 0.25) is 11.8 Å². The summed E-state index contributed by atoms with van der Waals surface area (Å²) in [5.74, 6) is -0.647.